The Kier molecular flexibility index (Phi) is 6.85. The second-order valence-corrected chi connectivity index (χ2v) is 6.11. The molecule has 2 rings (SSSR count). The molecule has 2 N–H and O–H groups in total. The maximum absolute atomic E-state index is 4.70. The summed E-state index contributed by atoms with van der Waals surface area (Å²) in [7, 11) is 5.84. The summed E-state index contributed by atoms with van der Waals surface area (Å²) in [5.41, 5.74) is 2.24. The van der Waals surface area contributed by atoms with Crippen LogP contribution < -0.4 is 15.5 Å². The minimum absolute atomic E-state index is 0.720. The molecule has 5 nitrogen and oxygen atoms in total. The lowest BCUT2D eigenvalue weighted by atomic mass is 10.1. The summed E-state index contributed by atoms with van der Waals surface area (Å²) < 4.78 is 0. The van der Waals surface area contributed by atoms with E-state index in [1.165, 1.54) is 30.2 Å². The molecule has 0 spiro atoms. The van der Waals surface area contributed by atoms with E-state index in [2.05, 4.69) is 46.8 Å². The molecule has 0 aliphatic heterocycles. The van der Waals surface area contributed by atoms with Crippen LogP contribution in [0.1, 0.15) is 31.7 Å². The molecule has 0 aliphatic carbocycles. The SMILES string of the molecule is CCCCCNC(=NC)NCc1cc(N(C)C)nc2ccccc12. The number of guanidine groups is 1. The Morgan fingerprint density at radius 1 is 1.17 bits per heavy atom. The molecule has 1 heterocycles. The van der Waals surface area contributed by atoms with Crippen LogP contribution in [-0.2, 0) is 6.54 Å². The van der Waals surface area contributed by atoms with Crippen molar-refractivity contribution in [1.29, 1.82) is 0 Å². The first-order valence-corrected chi connectivity index (χ1v) is 8.66. The fraction of sp³-hybridized carbons (Fsp3) is 0.474. The van der Waals surface area contributed by atoms with Gasteiger partial charge < -0.3 is 15.5 Å². The van der Waals surface area contributed by atoms with E-state index >= 15 is 0 Å². The molecule has 0 amide bonds. The van der Waals surface area contributed by atoms with Crippen LogP contribution in [-0.4, -0.2) is 38.6 Å². The third-order valence-electron chi connectivity index (χ3n) is 3.99. The highest BCUT2D eigenvalue weighted by atomic mass is 15.2. The van der Waals surface area contributed by atoms with Crippen molar-refractivity contribution in [2.75, 3.05) is 32.6 Å². The van der Waals surface area contributed by atoms with E-state index in [4.69, 9.17) is 4.98 Å². The number of rotatable bonds is 7. The van der Waals surface area contributed by atoms with Gasteiger partial charge in [0.1, 0.15) is 5.82 Å². The largest absolute Gasteiger partial charge is 0.363 e. The monoisotopic (exact) mass is 327 g/mol. The Hall–Kier alpha value is -2.30. The first-order valence-electron chi connectivity index (χ1n) is 8.66. The predicted octanol–water partition coefficient (Wildman–Crippen LogP) is 3.16. The van der Waals surface area contributed by atoms with E-state index in [1.54, 1.807) is 0 Å². The minimum atomic E-state index is 0.720. The molecule has 0 fully saturated rings. The van der Waals surface area contributed by atoms with Crippen LogP contribution in [0, 0.1) is 0 Å². The Bertz CT molecular complexity index is 679. The molecule has 0 bridgehead atoms. The number of anilines is 1. The third kappa shape index (κ3) is 4.85. The van der Waals surface area contributed by atoms with Crippen LogP contribution in [0.15, 0.2) is 35.3 Å². The highest BCUT2D eigenvalue weighted by Gasteiger charge is 2.07. The zero-order valence-corrected chi connectivity index (χ0v) is 15.3. The number of para-hydroxylation sites is 1. The topological polar surface area (TPSA) is 52.6 Å². The summed E-state index contributed by atoms with van der Waals surface area (Å²) in [6.45, 7) is 3.88. The second kappa shape index (κ2) is 9.11. The van der Waals surface area contributed by atoms with E-state index in [0.717, 1.165) is 30.4 Å². The van der Waals surface area contributed by atoms with Gasteiger partial charge in [-0.05, 0) is 24.1 Å². The molecule has 5 heteroatoms. The number of unbranched alkanes of at least 4 members (excludes halogenated alkanes) is 2. The van der Waals surface area contributed by atoms with E-state index in [9.17, 15) is 0 Å². The van der Waals surface area contributed by atoms with Gasteiger partial charge in [0.05, 0.1) is 5.52 Å². The Balaban J connectivity index is 2.10. The summed E-state index contributed by atoms with van der Waals surface area (Å²) >= 11 is 0. The molecular weight excluding hydrogens is 298 g/mol. The number of pyridine rings is 1. The smallest absolute Gasteiger partial charge is 0.191 e. The fourth-order valence-electron chi connectivity index (χ4n) is 2.59. The van der Waals surface area contributed by atoms with Gasteiger partial charge in [-0.25, -0.2) is 4.98 Å². The van der Waals surface area contributed by atoms with Crippen molar-refractivity contribution in [2.24, 2.45) is 4.99 Å². The Morgan fingerprint density at radius 3 is 2.67 bits per heavy atom. The van der Waals surface area contributed by atoms with E-state index < -0.39 is 0 Å². The summed E-state index contributed by atoms with van der Waals surface area (Å²) in [4.78, 5) is 11.0. The summed E-state index contributed by atoms with van der Waals surface area (Å²) in [5, 5.41) is 7.96. The third-order valence-corrected chi connectivity index (χ3v) is 3.99. The van der Waals surface area contributed by atoms with Gasteiger partial charge in [-0.15, -0.1) is 0 Å². The number of aliphatic imine (C=N–C) groups is 1. The molecule has 0 unspecified atom stereocenters. The lowest BCUT2D eigenvalue weighted by Crippen LogP contribution is -2.37. The average Bonchev–Trinajstić information content (AvgIpc) is 2.60. The van der Waals surface area contributed by atoms with Gasteiger partial charge in [-0.3, -0.25) is 4.99 Å². The lowest BCUT2D eigenvalue weighted by Gasteiger charge is -2.17. The van der Waals surface area contributed by atoms with Gasteiger partial charge in [0.2, 0.25) is 0 Å². The zero-order valence-electron chi connectivity index (χ0n) is 15.3. The van der Waals surface area contributed by atoms with Crippen molar-refractivity contribution < 1.29 is 0 Å². The summed E-state index contributed by atoms with van der Waals surface area (Å²) in [5.74, 6) is 1.81. The molecule has 2 aromatic rings. The maximum Gasteiger partial charge on any atom is 0.191 e. The van der Waals surface area contributed by atoms with Gasteiger partial charge in [-0.2, -0.15) is 0 Å². The van der Waals surface area contributed by atoms with Gasteiger partial charge in [0.15, 0.2) is 5.96 Å². The minimum Gasteiger partial charge on any atom is -0.363 e. The maximum atomic E-state index is 4.70. The van der Waals surface area contributed by atoms with Crippen LogP contribution in [0.25, 0.3) is 10.9 Å². The first kappa shape index (κ1) is 18.0. The van der Waals surface area contributed by atoms with Crippen molar-refractivity contribution in [1.82, 2.24) is 15.6 Å². The number of hydrogen-bond acceptors (Lipinski definition) is 3. The van der Waals surface area contributed by atoms with E-state index in [0.29, 0.717) is 0 Å². The van der Waals surface area contributed by atoms with Gasteiger partial charge in [-0.1, -0.05) is 38.0 Å². The number of aromatic nitrogens is 1. The molecule has 0 atom stereocenters. The van der Waals surface area contributed by atoms with Crippen molar-refractivity contribution >= 4 is 22.7 Å². The molecule has 1 aromatic heterocycles. The summed E-state index contributed by atoms with van der Waals surface area (Å²) in [6.07, 6.45) is 3.63. The molecule has 0 saturated heterocycles. The molecule has 0 radical (unpaired) electrons. The van der Waals surface area contributed by atoms with E-state index in [-0.39, 0.29) is 0 Å². The number of hydrogen-bond donors (Lipinski definition) is 2. The van der Waals surface area contributed by atoms with Crippen LogP contribution in [0.4, 0.5) is 5.82 Å². The Labute approximate surface area is 145 Å². The van der Waals surface area contributed by atoms with Crippen molar-refractivity contribution in [3.8, 4) is 0 Å². The fourth-order valence-corrected chi connectivity index (χ4v) is 2.59. The van der Waals surface area contributed by atoms with Crippen LogP contribution in [0.2, 0.25) is 0 Å². The number of benzene rings is 1. The van der Waals surface area contributed by atoms with Gasteiger partial charge in [0.25, 0.3) is 0 Å². The van der Waals surface area contributed by atoms with Crippen LogP contribution in [0.5, 0.6) is 0 Å². The lowest BCUT2D eigenvalue weighted by molar-refractivity contribution is 0.683. The molecule has 130 valence electrons. The second-order valence-electron chi connectivity index (χ2n) is 6.11. The average molecular weight is 327 g/mol. The summed E-state index contributed by atoms with van der Waals surface area (Å²) in [6, 6.07) is 10.4. The van der Waals surface area contributed by atoms with Crippen LogP contribution in [0.3, 0.4) is 0 Å². The highest BCUT2D eigenvalue weighted by Crippen LogP contribution is 2.21. The molecular formula is C19H29N5. The van der Waals surface area contributed by atoms with Crippen LogP contribution >= 0.6 is 0 Å². The molecule has 0 aliphatic rings. The standard InChI is InChI=1S/C19H29N5/c1-5-6-9-12-21-19(20-2)22-14-15-13-18(24(3)4)23-17-11-8-7-10-16(15)17/h7-8,10-11,13H,5-6,9,12,14H2,1-4H3,(H2,20,21,22). The van der Waals surface area contributed by atoms with Gasteiger partial charge in [0, 0.05) is 39.6 Å². The predicted molar refractivity (Wildman–Crippen MR) is 104 cm³/mol. The quantitative estimate of drug-likeness (QED) is 0.466. The van der Waals surface area contributed by atoms with Crippen molar-refractivity contribution in [3.05, 3.63) is 35.9 Å². The van der Waals surface area contributed by atoms with Gasteiger partial charge >= 0.3 is 0 Å². The molecule has 0 saturated carbocycles. The van der Waals surface area contributed by atoms with E-state index in [1.807, 2.05) is 32.1 Å². The number of nitrogens with zero attached hydrogens (tertiary/aromatic N) is 3. The number of nitrogens with one attached hydrogen (secondary N) is 2. The van der Waals surface area contributed by atoms with Crippen molar-refractivity contribution in [2.45, 2.75) is 32.7 Å². The number of fused-ring (bicyclic) bond motifs is 1. The normalized spacial score (nSPS) is 11.6. The Morgan fingerprint density at radius 2 is 1.96 bits per heavy atom. The zero-order chi connectivity index (χ0) is 17.4. The molecule has 1 aromatic carbocycles. The van der Waals surface area contributed by atoms with Crippen molar-refractivity contribution in [3.63, 3.8) is 0 Å². The highest BCUT2D eigenvalue weighted by molar-refractivity contribution is 5.85. The molecule has 24 heavy (non-hydrogen) atoms. The first-order chi connectivity index (χ1) is 11.7.